The van der Waals surface area contributed by atoms with Crippen LogP contribution >= 0.6 is 11.6 Å². The van der Waals surface area contributed by atoms with E-state index in [9.17, 15) is 8.42 Å². The van der Waals surface area contributed by atoms with E-state index in [0.29, 0.717) is 23.1 Å². The van der Waals surface area contributed by atoms with Crippen molar-refractivity contribution in [2.24, 2.45) is 0 Å². The van der Waals surface area contributed by atoms with E-state index in [1.54, 1.807) is 24.3 Å². The molecule has 22 heavy (non-hydrogen) atoms. The zero-order valence-corrected chi connectivity index (χ0v) is 13.7. The molecule has 2 rings (SSSR count). The summed E-state index contributed by atoms with van der Waals surface area (Å²) in [6.07, 6.45) is 0. The fourth-order valence-corrected chi connectivity index (χ4v) is 3.08. The van der Waals surface area contributed by atoms with Crippen LogP contribution in [0.25, 0.3) is 0 Å². The van der Waals surface area contributed by atoms with Crippen molar-refractivity contribution in [3.8, 4) is 11.5 Å². The van der Waals surface area contributed by atoms with Crippen molar-refractivity contribution in [3.05, 3.63) is 47.5 Å². The zero-order chi connectivity index (χ0) is 16.2. The van der Waals surface area contributed by atoms with E-state index < -0.39 is 10.0 Å². The first-order chi connectivity index (χ1) is 10.5. The highest BCUT2D eigenvalue weighted by molar-refractivity contribution is 7.92. The third-order valence-corrected chi connectivity index (χ3v) is 4.47. The summed E-state index contributed by atoms with van der Waals surface area (Å²) in [5.74, 6) is 1.00. The molecule has 0 atom stereocenters. The van der Waals surface area contributed by atoms with Crippen LogP contribution in [0.5, 0.6) is 11.5 Å². The Hall–Kier alpha value is -1.92. The molecule has 0 aliphatic carbocycles. The number of hydrogen-bond acceptors (Lipinski definition) is 4. The molecule has 0 aliphatic heterocycles. The molecule has 0 aromatic heterocycles. The van der Waals surface area contributed by atoms with Gasteiger partial charge in [-0.2, -0.15) is 0 Å². The fourth-order valence-electron chi connectivity index (χ4n) is 1.85. The van der Waals surface area contributed by atoms with Gasteiger partial charge in [-0.15, -0.1) is 0 Å². The van der Waals surface area contributed by atoms with Crippen LogP contribution in [-0.4, -0.2) is 22.1 Å². The number of anilines is 1. The summed E-state index contributed by atoms with van der Waals surface area (Å²) in [6, 6.07) is 10.9. The lowest BCUT2D eigenvalue weighted by molar-refractivity contribution is 0.340. The third kappa shape index (κ3) is 3.84. The summed E-state index contributed by atoms with van der Waals surface area (Å²) in [4.78, 5) is 0.123. The predicted octanol–water partition coefficient (Wildman–Crippen LogP) is 3.55. The number of halogens is 1. The molecule has 0 spiro atoms. The largest absolute Gasteiger partial charge is 0.495 e. The molecule has 2 aromatic carbocycles. The van der Waals surface area contributed by atoms with Crippen molar-refractivity contribution < 1.29 is 17.9 Å². The number of nitrogens with one attached hydrogen (secondary N) is 1. The van der Waals surface area contributed by atoms with E-state index >= 15 is 0 Å². The summed E-state index contributed by atoms with van der Waals surface area (Å²) >= 11 is 5.90. The van der Waals surface area contributed by atoms with Crippen LogP contribution in [0.2, 0.25) is 5.02 Å². The molecule has 118 valence electrons. The van der Waals surface area contributed by atoms with Gasteiger partial charge in [-0.05, 0) is 49.4 Å². The van der Waals surface area contributed by atoms with Gasteiger partial charge in [0.05, 0.1) is 24.3 Å². The van der Waals surface area contributed by atoms with Gasteiger partial charge in [-0.25, -0.2) is 8.42 Å². The normalized spacial score (nSPS) is 11.0. The topological polar surface area (TPSA) is 64.6 Å². The minimum atomic E-state index is -3.74. The lowest BCUT2D eigenvalue weighted by Crippen LogP contribution is -2.13. The minimum absolute atomic E-state index is 0.123. The first-order valence-electron chi connectivity index (χ1n) is 6.55. The summed E-state index contributed by atoms with van der Waals surface area (Å²) in [6.45, 7) is 2.38. The van der Waals surface area contributed by atoms with Gasteiger partial charge in [0.1, 0.15) is 11.5 Å². The highest BCUT2D eigenvalue weighted by Gasteiger charge is 2.17. The van der Waals surface area contributed by atoms with Crippen LogP contribution in [0.3, 0.4) is 0 Å². The van der Waals surface area contributed by atoms with Gasteiger partial charge in [0.15, 0.2) is 0 Å². The van der Waals surface area contributed by atoms with Crippen LogP contribution in [0.1, 0.15) is 6.92 Å². The van der Waals surface area contributed by atoms with Crippen molar-refractivity contribution in [3.63, 3.8) is 0 Å². The minimum Gasteiger partial charge on any atom is -0.495 e. The molecule has 5 nitrogen and oxygen atoms in total. The van der Waals surface area contributed by atoms with Crippen molar-refractivity contribution in [2.45, 2.75) is 11.8 Å². The lowest BCUT2D eigenvalue weighted by Gasteiger charge is -2.12. The van der Waals surface area contributed by atoms with Crippen molar-refractivity contribution in [2.75, 3.05) is 18.4 Å². The SMILES string of the molecule is CCOc1ccc(S(=O)(=O)Nc2cc(Cl)ccc2OC)cc1. The predicted molar refractivity (Wildman–Crippen MR) is 86.4 cm³/mol. The standard InChI is InChI=1S/C15H16ClNO4S/c1-3-21-12-5-7-13(8-6-12)22(18,19)17-14-10-11(16)4-9-15(14)20-2/h4-10,17H,3H2,1-2H3. The second-order valence-electron chi connectivity index (χ2n) is 4.35. The molecule has 0 heterocycles. The molecule has 0 aliphatic rings. The van der Waals surface area contributed by atoms with Crippen molar-refractivity contribution in [1.29, 1.82) is 0 Å². The van der Waals surface area contributed by atoms with Crippen LogP contribution in [0.15, 0.2) is 47.4 Å². The number of benzene rings is 2. The van der Waals surface area contributed by atoms with Crippen molar-refractivity contribution >= 4 is 27.3 Å². The number of sulfonamides is 1. The Morgan fingerprint density at radius 2 is 1.82 bits per heavy atom. The Kier molecular flexibility index (Phi) is 5.15. The Balaban J connectivity index is 2.29. The van der Waals surface area contributed by atoms with Gasteiger partial charge < -0.3 is 9.47 Å². The average molecular weight is 342 g/mol. The van der Waals surface area contributed by atoms with Crippen molar-refractivity contribution in [1.82, 2.24) is 0 Å². The van der Waals surface area contributed by atoms with E-state index in [0.717, 1.165) is 0 Å². The van der Waals surface area contributed by atoms with Gasteiger partial charge in [0, 0.05) is 5.02 Å². The first kappa shape index (κ1) is 16.5. The molecule has 0 unspecified atom stereocenters. The Morgan fingerprint density at radius 1 is 1.14 bits per heavy atom. The summed E-state index contributed by atoms with van der Waals surface area (Å²) < 4.78 is 37.7. The summed E-state index contributed by atoms with van der Waals surface area (Å²) in [5.41, 5.74) is 0.281. The second-order valence-corrected chi connectivity index (χ2v) is 6.47. The smallest absolute Gasteiger partial charge is 0.262 e. The number of methoxy groups -OCH3 is 1. The molecule has 0 saturated carbocycles. The molecule has 0 amide bonds. The van der Waals surface area contributed by atoms with Crippen LogP contribution in [0, 0.1) is 0 Å². The first-order valence-corrected chi connectivity index (χ1v) is 8.41. The molecular formula is C15H16ClNO4S. The molecule has 1 N–H and O–H groups in total. The molecule has 0 bridgehead atoms. The lowest BCUT2D eigenvalue weighted by atomic mass is 10.3. The monoisotopic (exact) mass is 341 g/mol. The molecule has 7 heteroatoms. The van der Waals surface area contributed by atoms with Gasteiger partial charge in [-0.3, -0.25) is 4.72 Å². The quantitative estimate of drug-likeness (QED) is 0.872. The third-order valence-electron chi connectivity index (χ3n) is 2.85. The van der Waals surface area contributed by atoms with E-state index in [4.69, 9.17) is 21.1 Å². The van der Waals surface area contributed by atoms with Crippen LogP contribution in [0.4, 0.5) is 5.69 Å². The van der Waals surface area contributed by atoms with E-state index in [-0.39, 0.29) is 10.6 Å². The van der Waals surface area contributed by atoms with Gasteiger partial charge in [-0.1, -0.05) is 11.6 Å². The highest BCUT2D eigenvalue weighted by atomic mass is 35.5. The van der Waals surface area contributed by atoms with Crippen LogP contribution < -0.4 is 14.2 Å². The maximum absolute atomic E-state index is 12.4. The summed E-state index contributed by atoms with van der Waals surface area (Å²) in [5, 5.41) is 0.408. The maximum Gasteiger partial charge on any atom is 0.262 e. The van der Waals surface area contributed by atoms with E-state index in [1.807, 2.05) is 6.92 Å². The molecule has 2 aromatic rings. The molecule has 0 fully saturated rings. The van der Waals surface area contributed by atoms with Crippen LogP contribution in [-0.2, 0) is 10.0 Å². The van der Waals surface area contributed by atoms with Gasteiger partial charge in [0.2, 0.25) is 0 Å². The number of hydrogen-bond donors (Lipinski definition) is 1. The molecular weight excluding hydrogens is 326 g/mol. The second kappa shape index (κ2) is 6.89. The summed E-state index contributed by atoms with van der Waals surface area (Å²) in [7, 11) is -2.28. The Bertz CT molecular complexity index is 745. The van der Waals surface area contributed by atoms with Gasteiger partial charge in [0.25, 0.3) is 10.0 Å². The number of rotatable bonds is 6. The van der Waals surface area contributed by atoms with E-state index in [1.165, 1.54) is 25.3 Å². The fraction of sp³-hybridized carbons (Fsp3) is 0.200. The highest BCUT2D eigenvalue weighted by Crippen LogP contribution is 2.30. The Morgan fingerprint density at radius 3 is 2.41 bits per heavy atom. The average Bonchev–Trinajstić information content (AvgIpc) is 2.48. The van der Waals surface area contributed by atoms with Gasteiger partial charge >= 0.3 is 0 Å². The maximum atomic E-state index is 12.4. The number of ether oxygens (including phenoxy) is 2. The Labute approximate surface area is 134 Å². The van der Waals surface area contributed by atoms with E-state index in [2.05, 4.69) is 4.72 Å². The zero-order valence-electron chi connectivity index (χ0n) is 12.2. The molecule has 0 radical (unpaired) electrons. The molecule has 0 saturated heterocycles.